The Balaban J connectivity index is 3.08. The molecule has 0 saturated carbocycles. The van der Waals surface area contributed by atoms with Crippen LogP contribution in [0.1, 0.15) is 5.69 Å². The van der Waals surface area contributed by atoms with E-state index in [1.807, 2.05) is 14.1 Å². The molecular weight excluding hydrogens is 238 g/mol. The summed E-state index contributed by atoms with van der Waals surface area (Å²) in [7, 11) is 1.62. The molecule has 17 heavy (non-hydrogen) atoms. The number of nitrogens with one attached hydrogen (secondary N) is 1. The van der Waals surface area contributed by atoms with Crippen molar-refractivity contribution >= 4 is 10.0 Å². The normalized spacial score (nSPS) is 11.7. The predicted octanol–water partition coefficient (Wildman–Crippen LogP) is -0.00180. The molecule has 0 fully saturated rings. The van der Waals surface area contributed by atoms with E-state index in [0.29, 0.717) is 6.54 Å². The number of hydrogen-bond acceptors (Lipinski definition) is 3. The van der Waals surface area contributed by atoms with E-state index >= 15 is 0 Å². The maximum absolute atomic E-state index is 12.1. The van der Waals surface area contributed by atoms with Gasteiger partial charge in [-0.05, 0) is 13.1 Å². The molecule has 0 bridgehead atoms. The number of sulfonamides is 1. The lowest BCUT2D eigenvalue weighted by molar-refractivity contribution is 0.503. The maximum atomic E-state index is 12.1. The highest BCUT2D eigenvalue weighted by Crippen LogP contribution is 2.17. The highest BCUT2D eigenvalue weighted by Gasteiger charge is 2.22. The average molecular weight is 255 g/mol. The molecule has 1 heterocycles. The molecule has 0 atom stereocenters. The summed E-state index contributed by atoms with van der Waals surface area (Å²) in [4.78, 5) is 0.267. The van der Waals surface area contributed by atoms with Crippen LogP contribution in [0.3, 0.4) is 0 Å². The van der Waals surface area contributed by atoms with Gasteiger partial charge in [0, 0.05) is 32.5 Å². The Morgan fingerprint density at radius 3 is 2.76 bits per heavy atom. The van der Waals surface area contributed by atoms with Crippen molar-refractivity contribution in [2.45, 2.75) is 11.4 Å². The Hall–Kier alpha value is -1.29. The van der Waals surface area contributed by atoms with Crippen molar-refractivity contribution in [2.75, 3.05) is 20.6 Å². The fourth-order valence-corrected chi connectivity index (χ4v) is 2.65. The summed E-state index contributed by atoms with van der Waals surface area (Å²) >= 11 is 0. The minimum Gasteiger partial charge on any atom is -0.352 e. The Kier molecular flexibility index (Phi) is 4.34. The Labute approximate surface area is 102 Å². The average Bonchev–Trinajstić information content (AvgIpc) is 2.62. The summed E-state index contributed by atoms with van der Waals surface area (Å²) in [5.41, 5.74) is 0.903. The van der Waals surface area contributed by atoms with Crippen LogP contribution in [0.25, 0.3) is 0 Å². The number of nitrogens with zero attached hydrogens (tertiary/aromatic N) is 2. The Bertz CT molecular complexity index is 525. The zero-order valence-corrected chi connectivity index (χ0v) is 11.1. The number of rotatable bonds is 5. The molecule has 0 amide bonds. The van der Waals surface area contributed by atoms with Crippen LogP contribution in [0.15, 0.2) is 17.2 Å². The predicted molar refractivity (Wildman–Crippen MR) is 66.8 cm³/mol. The molecule has 94 valence electrons. The molecule has 1 N–H and O–H groups in total. The molecule has 0 aliphatic rings. The van der Waals surface area contributed by atoms with Crippen LogP contribution in [-0.4, -0.2) is 37.9 Å². The highest BCUT2D eigenvalue weighted by molar-refractivity contribution is 7.89. The van der Waals surface area contributed by atoms with Crippen molar-refractivity contribution < 1.29 is 8.42 Å². The topological polar surface area (TPSA) is 54.3 Å². The molecule has 0 unspecified atom stereocenters. The minimum absolute atomic E-state index is 0.0680. The third kappa shape index (κ3) is 2.88. The largest absolute Gasteiger partial charge is 0.352 e. The summed E-state index contributed by atoms with van der Waals surface area (Å²) < 4.78 is 27.1. The Morgan fingerprint density at radius 1 is 1.59 bits per heavy atom. The van der Waals surface area contributed by atoms with E-state index in [1.165, 1.54) is 7.05 Å². The molecular formula is C11H17N3O2S. The highest BCUT2D eigenvalue weighted by atomic mass is 32.2. The van der Waals surface area contributed by atoms with E-state index in [0.717, 1.165) is 10.00 Å². The lowest BCUT2D eigenvalue weighted by Crippen LogP contribution is -2.26. The number of terminal acetylenes is 1. The van der Waals surface area contributed by atoms with Crippen molar-refractivity contribution in [1.82, 2.24) is 14.2 Å². The van der Waals surface area contributed by atoms with Gasteiger partial charge in [0.25, 0.3) is 0 Å². The van der Waals surface area contributed by atoms with E-state index in [2.05, 4.69) is 11.2 Å². The molecule has 0 saturated heterocycles. The molecule has 0 aliphatic carbocycles. The van der Waals surface area contributed by atoms with E-state index in [4.69, 9.17) is 6.42 Å². The molecule has 0 spiro atoms. The van der Waals surface area contributed by atoms with Gasteiger partial charge in [0.15, 0.2) is 0 Å². The second-order valence-electron chi connectivity index (χ2n) is 3.77. The van der Waals surface area contributed by atoms with Crippen LogP contribution < -0.4 is 5.32 Å². The minimum atomic E-state index is -3.48. The van der Waals surface area contributed by atoms with Gasteiger partial charge in [-0.2, -0.15) is 4.31 Å². The fraction of sp³-hybridized carbons (Fsp3) is 0.455. The first kappa shape index (κ1) is 13.8. The monoisotopic (exact) mass is 255 g/mol. The van der Waals surface area contributed by atoms with Gasteiger partial charge in [0.1, 0.15) is 4.90 Å². The quantitative estimate of drug-likeness (QED) is 0.753. The smallest absolute Gasteiger partial charge is 0.245 e. The maximum Gasteiger partial charge on any atom is 0.245 e. The first-order valence-corrected chi connectivity index (χ1v) is 6.57. The molecule has 1 rings (SSSR count). The zero-order valence-electron chi connectivity index (χ0n) is 10.3. The number of hydrogen-bond donors (Lipinski definition) is 1. The van der Waals surface area contributed by atoms with E-state index in [-0.39, 0.29) is 11.4 Å². The van der Waals surface area contributed by atoms with Crippen molar-refractivity contribution in [3.63, 3.8) is 0 Å². The van der Waals surface area contributed by atoms with Gasteiger partial charge in [-0.15, -0.1) is 6.42 Å². The van der Waals surface area contributed by atoms with E-state index < -0.39 is 10.0 Å². The van der Waals surface area contributed by atoms with Gasteiger partial charge in [-0.3, -0.25) is 0 Å². The van der Waals surface area contributed by atoms with Gasteiger partial charge in [0.2, 0.25) is 10.0 Å². The zero-order chi connectivity index (χ0) is 13.1. The van der Waals surface area contributed by atoms with Crippen LogP contribution in [0.5, 0.6) is 0 Å². The van der Waals surface area contributed by atoms with E-state index in [9.17, 15) is 8.42 Å². The van der Waals surface area contributed by atoms with E-state index in [1.54, 1.807) is 16.8 Å². The lowest BCUT2D eigenvalue weighted by Gasteiger charge is -2.12. The molecule has 0 radical (unpaired) electrons. The summed E-state index contributed by atoms with van der Waals surface area (Å²) in [6, 6.07) is 1.65. The summed E-state index contributed by atoms with van der Waals surface area (Å²) in [5.74, 6) is 2.32. The van der Waals surface area contributed by atoms with Crippen LogP contribution in [-0.2, 0) is 23.6 Å². The number of aryl methyl sites for hydroxylation is 1. The van der Waals surface area contributed by atoms with Gasteiger partial charge < -0.3 is 9.88 Å². The third-order valence-electron chi connectivity index (χ3n) is 2.46. The Morgan fingerprint density at radius 2 is 2.24 bits per heavy atom. The molecule has 0 aromatic carbocycles. The van der Waals surface area contributed by atoms with Crippen LogP contribution in [0.2, 0.25) is 0 Å². The second kappa shape index (κ2) is 5.36. The van der Waals surface area contributed by atoms with Gasteiger partial charge in [0.05, 0.1) is 6.54 Å². The first-order chi connectivity index (χ1) is 7.93. The van der Waals surface area contributed by atoms with Gasteiger partial charge in [-0.1, -0.05) is 5.92 Å². The number of aromatic nitrogens is 1. The SMILES string of the molecule is C#CCN(C)S(=O)(=O)c1cc(CNC)n(C)c1. The standard InChI is InChI=1S/C11H17N3O2S/c1-5-6-14(4)17(15,16)11-7-10(8-12-2)13(3)9-11/h1,7,9,12H,6,8H2,2-4H3. The van der Waals surface area contributed by atoms with Crippen LogP contribution in [0.4, 0.5) is 0 Å². The summed E-state index contributed by atoms with van der Waals surface area (Å²) in [6.07, 6.45) is 6.71. The summed E-state index contributed by atoms with van der Waals surface area (Å²) in [5, 5.41) is 2.98. The molecule has 5 nitrogen and oxygen atoms in total. The van der Waals surface area contributed by atoms with Gasteiger partial charge >= 0.3 is 0 Å². The molecule has 1 aromatic heterocycles. The lowest BCUT2D eigenvalue weighted by atomic mass is 10.4. The van der Waals surface area contributed by atoms with Crippen LogP contribution in [0, 0.1) is 12.3 Å². The van der Waals surface area contributed by atoms with Crippen molar-refractivity contribution in [3.8, 4) is 12.3 Å². The summed E-state index contributed by atoms with van der Waals surface area (Å²) in [6.45, 7) is 0.684. The van der Waals surface area contributed by atoms with Crippen LogP contribution >= 0.6 is 0 Å². The van der Waals surface area contributed by atoms with Crippen molar-refractivity contribution in [1.29, 1.82) is 0 Å². The molecule has 0 aliphatic heterocycles. The first-order valence-electron chi connectivity index (χ1n) is 5.13. The molecule has 1 aromatic rings. The van der Waals surface area contributed by atoms with Gasteiger partial charge in [-0.25, -0.2) is 8.42 Å². The van der Waals surface area contributed by atoms with Crippen molar-refractivity contribution in [3.05, 3.63) is 18.0 Å². The second-order valence-corrected chi connectivity index (χ2v) is 5.82. The fourth-order valence-electron chi connectivity index (χ4n) is 1.47. The third-order valence-corrected chi connectivity index (χ3v) is 4.23. The molecule has 6 heteroatoms. The van der Waals surface area contributed by atoms with Crippen molar-refractivity contribution in [2.24, 2.45) is 7.05 Å².